The van der Waals surface area contributed by atoms with Gasteiger partial charge in [0, 0.05) is 35.4 Å². The van der Waals surface area contributed by atoms with E-state index in [0.717, 1.165) is 11.1 Å². The molecule has 0 unspecified atom stereocenters. The molecule has 4 rings (SSSR count). The topological polar surface area (TPSA) is 41.9 Å². The van der Waals surface area contributed by atoms with Gasteiger partial charge in [-0.3, -0.25) is 9.59 Å². The van der Waals surface area contributed by atoms with Crippen LogP contribution in [0.1, 0.15) is 20.7 Å². The summed E-state index contributed by atoms with van der Waals surface area (Å²) in [6.07, 6.45) is 7.65. The standard InChI is InChI=1S/C26H22N2O2/c29-25(23-7-3-1-4-8-23)19-27-15-11-21(12-16-27)22-13-17-28(18-14-22)20-26(30)24-9-5-2-6-10-24/h1-18H,19-20H2/q+2. The first-order valence-corrected chi connectivity index (χ1v) is 9.84. The molecule has 146 valence electrons. The highest BCUT2D eigenvalue weighted by molar-refractivity contribution is 5.95. The Morgan fingerprint density at radius 2 is 0.833 bits per heavy atom. The van der Waals surface area contributed by atoms with Crippen LogP contribution in [0.3, 0.4) is 0 Å². The summed E-state index contributed by atoms with van der Waals surface area (Å²) in [6, 6.07) is 26.6. The number of hydrogen-bond donors (Lipinski definition) is 0. The normalized spacial score (nSPS) is 10.5. The summed E-state index contributed by atoms with van der Waals surface area (Å²) in [6.45, 7) is 0.612. The van der Waals surface area contributed by atoms with Gasteiger partial charge in [-0.1, -0.05) is 60.7 Å². The molecule has 0 fully saturated rings. The third kappa shape index (κ3) is 4.73. The van der Waals surface area contributed by atoms with E-state index in [2.05, 4.69) is 0 Å². The third-order valence-corrected chi connectivity index (χ3v) is 4.96. The van der Waals surface area contributed by atoms with Crippen LogP contribution in [-0.2, 0) is 13.1 Å². The lowest BCUT2D eigenvalue weighted by Gasteiger charge is -2.02. The Hall–Kier alpha value is -3.92. The van der Waals surface area contributed by atoms with Crippen molar-refractivity contribution >= 4 is 11.6 Å². The quantitative estimate of drug-likeness (QED) is 0.354. The van der Waals surface area contributed by atoms with Crippen LogP contribution in [0.15, 0.2) is 110 Å². The zero-order valence-corrected chi connectivity index (χ0v) is 16.5. The second-order valence-electron chi connectivity index (χ2n) is 7.10. The highest BCUT2D eigenvalue weighted by Crippen LogP contribution is 2.15. The average molecular weight is 394 g/mol. The number of pyridine rings is 2. The molecule has 0 amide bonds. The molecule has 4 nitrogen and oxygen atoms in total. The van der Waals surface area contributed by atoms with Crippen LogP contribution in [-0.4, -0.2) is 11.6 Å². The number of benzene rings is 2. The van der Waals surface area contributed by atoms with Crippen molar-refractivity contribution in [2.45, 2.75) is 13.1 Å². The number of aromatic nitrogens is 2. The fourth-order valence-corrected chi connectivity index (χ4v) is 3.27. The van der Waals surface area contributed by atoms with Crippen LogP contribution in [0.2, 0.25) is 0 Å². The number of carbonyl (C=O) groups is 2. The molecule has 0 aliphatic rings. The van der Waals surface area contributed by atoms with Crippen LogP contribution >= 0.6 is 0 Å². The second-order valence-corrected chi connectivity index (χ2v) is 7.10. The maximum atomic E-state index is 12.3. The number of hydrogen-bond acceptors (Lipinski definition) is 2. The smallest absolute Gasteiger partial charge is 0.227 e. The Labute approximate surface area is 175 Å². The predicted octanol–water partition coefficient (Wildman–Crippen LogP) is 3.69. The summed E-state index contributed by atoms with van der Waals surface area (Å²) in [7, 11) is 0. The van der Waals surface area contributed by atoms with E-state index in [-0.39, 0.29) is 11.6 Å². The van der Waals surface area contributed by atoms with E-state index < -0.39 is 0 Å². The fraction of sp³-hybridized carbons (Fsp3) is 0.0769. The van der Waals surface area contributed by atoms with Gasteiger partial charge in [-0.25, -0.2) is 0 Å². The molecule has 0 saturated carbocycles. The van der Waals surface area contributed by atoms with E-state index in [1.165, 1.54) is 0 Å². The van der Waals surface area contributed by atoms with Gasteiger partial charge in [0.1, 0.15) is 0 Å². The average Bonchev–Trinajstić information content (AvgIpc) is 2.81. The predicted molar refractivity (Wildman–Crippen MR) is 114 cm³/mol. The molecule has 0 saturated heterocycles. The van der Waals surface area contributed by atoms with Crippen LogP contribution < -0.4 is 9.13 Å². The van der Waals surface area contributed by atoms with Crippen molar-refractivity contribution in [3.8, 4) is 11.1 Å². The highest BCUT2D eigenvalue weighted by atomic mass is 16.1. The summed E-state index contributed by atoms with van der Waals surface area (Å²) in [5.41, 5.74) is 3.54. The Balaban J connectivity index is 1.41. The molecule has 2 heterocycles. The minimum absolute atomic E-state index is 0.0807. The van der Waals surface area contributed by atoms with Gasteiger partial charge in [-0.05, 0) is 11.1 Å². The molecule has 0 aliphatic carbocycles. The zero-order chi connectivity index (χ0) is 20.8. The number of ketones is 2. The fourth-order valence-electron chi connectivity index (χ4n) is 3.27. The zero-order valence-electron chi connectivity index (χ0n) is 16.5. The van der Waals surface area contributed by atoms with Gasteiger partial charge < -0.3 is 0 Å². The van der Waals surface area contributed by atoms with Crippen molar-refractivity contribution in [1.29, 1.82) is 0 Å². The summed E-state index contributed by atoms with van der Waals surface area (Å²) in [5, 5.41) is 0. The van der Waals surface area contributed by atoms with E-state index in [9.17, 15) is 9.59 Å². The molecule has 0 radical (unpaired) electrons. The minimum atomic E-state index is 0.0807. The first kappa shape index (κ1) is 19.4. The van der Waals surface area contributed by atoms with Crippen molar-refractivity contribution in [3.63, 3.8) is 0 Å². The lowest BCUT2D eigenvalue weighted by molar-refractivity contribution is -0.683. The Morgan fingerprint density at radius 1 is 0.500 bits per heavy atom. The summed E-state index contributed by atoms with van der Waals surface area (Å²) in [5.74, 6) is 0.161. The van der Waals surface area contributed by atoms with Gasteiger partial charge in [0.2, 0.25) is 24.7 Å². The minimum Gasteiger partial charge on any atom is -0.287 e. The van der Waals surface area contributed by atoms with Crippen molar-refractivity contribution < 1.29 is 18.7 Å². The molecule has 2 aromatic heterocycles. The van der Waals surface area contributed by atoms with Gasteiger partial charge >= 0.3 is 0 Å². The first-order chi connectivity index (χ1) is 14.7. The van der Waals surface area contributed by atoms with Gasteiger partial charge in [0.25, 0.3) is 0 Å². The molecule has 0 aliphatic heterocycles. The Kier molecular flexibility index (Phi) is 5.85. The molecule has 0 atom stereocenters. The molecule has 0 spiro atoms. The van der Waals surface area contributed by atoms with Crippen molar-refractivity contribution in [3.05, 3.63) is 121 Å². The number of carbonyl (C=O) groups excluding carboxylic acids is 2. The van der Waals surface area contributed by atoms with Gasteiger partial charge in [0.15, 0.2) is 24.8 Å². The molecule has 0 N–H and O–H groups in total. The molecular weight excluding hydrogens is 372 g/mol. The summed E-state index contributed by atoms with van der Waals surface area (Å²) >= 11 is 0. The van der Waals surface area contributed by atoms with Crippen molar-refractivity contribution in [1.82, 2.24) is 0 Å². The van der Waals surface area contributed by atoms with Gasteiger partial charge in [0.05, 0.1) is 0 Å². The monoisotopic (exact) mass is 394 g/mol. The summed E-state index contributed by atoms with van der Waals surface area (Å²) < 4.78 is 3.75. The summed E-state index contributed by atoms with van der Waals surface area (Å²) in [4.78, 5) is 24.7. The Bertz CT molecular complexity index is 1040. The number of Topliss-reactive ketones (excluding diaryl/α,β-unsaturated/α-hetero) is 2. The molecule has 0 bridgehead atoms. The first-order valence-electron chi connectivity index (χ1n) is 9.84. The van der Waals surface area contributed by atoms with Crippen LogP contribution in [0, 0.1) is 0 Å². The van der Waals surface area contributed by atoms with E-state index in [1.54, 1.807) is 0 Å². The lowest BCUT2D eigenvalue weighted by atomic mass is 10.1. The molecular formula is C26H22N2O2+2. The molecule has 4 heteroatoms. The number of nitrogens with zero attached hydrogens (tertiary/aromatic N) is 2. The van der Waals surface area contributed by atoms with Crippen molar-refractivity contribution in [2.24, 2.45) is 0 Å². The molecule has 4 aromatic rings. The van der Waals surface area contributed by atoms with E-state index in [1.807, 2.05) is 119 Å². The highest BCUT2D eigenvalue weighted by Gasteiger charge is 2.14. The third-order valence-electron chi connectivity index (χ3n) is 4.96. The van der Waals surface area contributed by atoms with E-state index >= 15 is 0 Å². The lowest BCUT2D eigenvalue weighted by Crippen LogP contribution is -2.37. The van der Waals surface area contributed by atoms with Gasteiger partial charge in [-0.2, -0.15) is 9.13 Å². The maximum Gasteiger partial charge on any atom is 0.227 e. The maximum absolute atomic E-state index is 12.3. The van der Waals surface area contributed by atoms with Crippen molar-refractivity contribution in [2.75, 3.05) is 0 Å². The van der Waals surface area contributed by atoms with E-state index in [0.29, 0.717) is 24.2 Å². The van der Waals surface area contributed by atoms with Crippen LogP contribution in [0.5, 0.6) is 0 Å². The SMILES string of the molecule is O=C(C[n+]1ccc(-c2cc[n+](CC(=O)c3ccccc3)cc2)cc1)c1ccccc1. The van der Waals surface area contributed by atoms with Gasteiger partial charge in [-0.15, -0.1) is 0 Å². The second kappa shape index (κ2) is 9.05. The van der Waals surface area contributed by atoms with Crippen LogP contribution in [0.25, 0.3) is 11.1 Å². The molecule has 30 heavy (non-hydrogen) atoms. The van der Waals surface area contributed by atoms with E-state index in [4.69, 9.17) is 0 Å². The van der Waals surface area contributed by atoms with Crippen LogP contribution in [0.4, 0.5) is 0 Å². The largest absolute Gasteiger partial charge is 0.287 e. The number of rotatable bonds is 7. The Morgan fingerprint density at radius 3 is 1.17 bits per heavy atom. The molecule has 2 aromatic carbocycles.